The second-order valence-electron chi connectivity index (χ2n) is 9.80. The lowest BCUT2D eigenvalue weighted by Crippen LogP contribution is -2.37. The first-order valence-electron chi connectivity index (χ1n) is 12.9. The molecule has 38 heavy (non-hydrogen) atoms. The van der Waals surface area contributed by atoms with Gasteiger partial charge in [0, 0.05) is 29.9 Å². The van der Waals surface area contributed by atoms with Crippen molar-refractivity contribution in [1.29, 1.82) is 0 Å². The molecule has 0 atom stereocenters. The minimum atomic E-state index is -0.186. The van der Waals surface area contributed by atoms with Crippen LogP contribution in [0.4, 0.5) is 0 Å². The van der Waals surface area contributed by atoms with Crippen molar-refractivity contribution in [1.82, 2.24) is 24.1 Å². The molecule has 1 aliphatic rings. The number of thiazole rings is 1. The molecule has 0 fully saturated rings. The lowest BCUT2D eigenvalue weighted by molar-refractivity contribution is -0.131. The highest BCUT2D eigenvalue weighted by Crippen LogP contribution is 2.25. The Hall–Kier alpha value is -4.04. The van der Waals surface area contributed by atoms with Gasteiger partial charge in [-0.2, -0.15) is 5.10 Å². The Morgan fingerprint density at radius 1 is 1.05 bits per heavy atom. The van der Waals surface area contributed by atoms with E-state index in [1.165, 1.54) is 28.0 Å². The average Bonchev–Trinajstić information content (AvgIpc) is 3.51. The summed E-state index contributed by atoms with van der Waals surface area (Å²) in [6, 6.07) is 18.4. The highest BCUT2D eigenvalue weighted by Gasteiger charge is 2.24. The van der Waals surface area contributed by atoms with Crippen LogP contribution in [0.2, 0.25) is 0 Å². The van der Waals surface area contributed by atoms with Crippen LogP contribution in [-0.2, 0) is 30.6 Å². The number of hydrogen-bond acceptors (Lipinski definition) is 5. The number of para-hydroxylation sites is 1. The smallest absolute Gasteiger partial charge is 0.268 e. The number of carbonyl (C=O) groups is 1. The molecule has 0 spiro atoms. The number of aryl methyl sites for hydroxylation is 3. The molecule has 192 valence electrons. The summed E-state index contributed by atoms with van der Waals surface area (Å²) in [5.74, 6) is 0.0181. The number of rotatable bonds is 5. The number of fused-ring (bicyclic) bond motifs is 2. The topological polar surface area (TPSA) is 72.5 Å². The van der Waals surface area contributed by atoms with Gasteiger partial charge in [-0.15, -0.1) is 11.3 Å². The minimum absolute atomic E-state index is 0.0181. The van der Waals surface area contributed by atoms with Crippen molar-refractivity contribution in [2.24, 2.45) is 0 Å². The molecule has 1 aliphatic heterocycles. The van der Waals surface area contributed by atoms with Crippen LogP contribution >= 0.6 is 11.3 Å². The maximum atomic E-state index is 13.9. The van der Waals surface area contributed by atoms with Gasteiger partial charge in [-0.05, 0) is 55.5 Å². The standard InChI is InChI=1S/C30H29N5O2S/c1-4-21-9-7-8-12-26(21)35-19(2)15-25(32-35)28-20(3)31-30-34(29(28)37)24(18-38-30)16-27(36)33-14-13-22-10-5-6-11-23(22)17-33/h5-12,15,18H,4,13-14,16-17H2,1-3H3. The third-order valence-corrected chi connectivity index (χ3v) is 8.26. The first-order chi connectivity index (χ1) is 18.4. The zero-order valence-electron chi connectivity index (χ0n) is 21.8. The molecule has 6 rings (SSSR count). The van der Waals surface area contributed by atoms with Crippen molar-refractivity contribution in [3.63, 3.8) is 0 Å². The van der Waals surface area contributed by atoms with Crippen molar-refractivity contribution in [3.8, 4) is 16.9 Å². The minimum Gasteiger partial charge on any atom is -0.338 e. The lowest BCUT2D eigenvalue weighted by Gasteiger charge is -2.28. The van der Waals surface area contributed by atoms with Crippen molar-refractivity contribution in [2.45, 2.75) is 46.6 Å². The molecule has 0 radical (unpaired) electrons. The average molecular weight is 524 g/mol. The molecule has 0 unspecified atom stereocenters. The third-order valence-electron chi connectivity index (χ3n) is 7.38. The highest BCUT2D eigenvalue weighted by molar-refractivity contribution is 7.15. The number of benzene rings is 2. The van der Waals surface area contributed by atoms with Crippen molar-refractivity contribution in [2.75, 3.05) is 6.54 Å². The number of carbonyl (C=O) groups excluding carboxylic acids is 1. The Bertz CT molecular complexity index is 1750. The van der Waals surface area contributed by atoms with Crippen LogP contribution in [0.25, 0.3) is 21.9 Å². The summed E-state index contributed by atoms with van der Waals surface area (Å²) in [6.45, 7) is 7.25. The zero-order valence-corrected chi connectivity index (χ0v) is 22.6. The van der Waals surface area contributed by atoms with Crippen LogP contribution in [0.3, 0.4) is 0 Å². The second kappa shape index (κ2) is 9.68. The van der Waals surface area contributed by atoms with Crippen LogP contribution < -0.4 is 5.56 Å². The van der Waals surface area contributed by atoms with E-state index in [9.17, 15) is 9.59 Å². The van der Waals surface area contributed by atoms with Crippen LogP contribution in [-0.4, -0.2) is 36.5 Å². The molecule has 5 aromatic rings. The molecular formula is C30H29N5O2S. The molecule has 1 amide bonds. The first-order valence-corrected chi connectivity index (χ1v) is 13.8. The van der Waals surface area contributed by atoms with Gasteiger partial charge in [-0.1, -0.05) is 49.4 Å². The Balaban J connectivity index is 1.36. The molecular weight excluding hydrogens is 494 g/mol. The summed E-state index contributed by atoms with van der Waals surface area (Å²) < 4.78 is 3.49. The second-order valence-corrected chi connectivity index (χ2v) is 10.6. The van der Waals surface area contributed by atoms with Gasteiger partial charge >= 0.3 is 0 Å². The first kappa shape index (κ1) is 24.3. The highest BCUT2D eigenvalue weighted by atomic mass is 32.1. The molecule has 7 nitrogen and oxygen atoms in total. The SMILES string of the molecule is CCc1ccccc1-n1nc(-c2c(C)nc3scc(CC(=O)N4CCc5ccccc5C4)n3c2=O)cc1C. The molecule has 0 saturated heterocycles. The monoisotopic (exact) mass is 523 g/mol. The third kappa shape index (κ3) is 4.15. The van der Waals surface area contributed by atoms with Gasteiger partial charge in [0.2, 0.25) is 5.91 Å². The van der Waals surface area contributed by atoms with Crippen LogP contribution in [0.5, 0.6) is 0 Å². The molecule has 0 aliphatic carbocycles. The molecule has 8 heteroatoms. The Labute approximate surface area is 225 Å². The molecule has 0 saturated carbocycles. The molecule has 2 aromatic carbocycles. The number of nitrogens with zero attached hydrogens (tertiary/aromatic N) is 5. The fourth-order valence-electron chi connectivity index (χ4n) is 5.36. The van der Waals surface area contributed by atoms with Gasteiger partial charge in [0.05, 0.1) is 23.4 Å². The summed E-state index contributed by atoms with van der Waals surface area (Å²) >= 11 is 1.39. The predicted octanol–water partition coefficient (Wildman–Crippen LogP) is 4.92. The summed E-state index contributed by atoms with van der Waals surface area (Å²) in [5, 5.41) is 6.73. The predicted molar refractivity (Wildman–Crippen MR) is 150 cm³/mol. The van der Waals surface area contributed by atoms with Crippen molar-refractivity contribution in [3.05, 3.63) is 104 Å². The van der Waals surface area contributed by atoms with Crippen LogP contribution in [0.1, 0.15) is 40.7 Å². The largest absolute Gasteiger partial charge is 0.338 e. The van der Waals surface area contributed by atoms with Crippen molar-refractivity contribution < 1.29 is 4.79 Å². The quantitative estimate of drug-likeness (QED) is 0.328. The molecule has 0 bridgehead atoms. The van der Waals surface area contributed by atoms with E-state index in [2.05, 4.69) is 25.1 Å². The number of amides is 1. The van der Waals surface area contributed by atoms with Crippen molar-refractivity contribution >= 4 is 22.2 Å². The normalized spacial score (nSPS) is 13.2. The summed E-state index contributed by atoms with van der Waals surface area (Å²) in [7, 11) is 0. The number of aromatic nitrogens is 4. The Morgan fingerprint density at radius 3 is 2.63 bits per heavy atom. The van der Waals surface area contributed by atoms with Crippen LogP contribution in [0, 0.1) is 13.8 Å². The van der Waals surface area contributed by atoms with Gasteiger partial charge in [0.15, 0.2) is 4.96 Å². The van der Waals surface area contributed by atoms with E-state index in [0.29, 0.717) is 40.7 Å². The van der Waals surface area contributed by atoms with E-state index in [0.717, 1.165) is 24.2 Å². The van der Waals surface area contributed by atoms with E-state index in [-0.39, 0.29) is 17.9 Å². The molecule has 3 aromatic heterocycles. The Kier molecular flexibility index (Phi) is 6.19. The van der Waals surface area contributed by atoms with Gasteiger partial charge in [-0.3, -0.25) is 14.0 Å². The summed E-state index contributed by atoms with van der Waals surface area (Å²) in [4.78, 5) is 34.4. The van der Waals surface area contributed by atoms with Gasteiger partial charge in [0.1, 0.15) is 5.69 Å². The maximum absolute atomic E-state index is 13.9. The van der Waals surface area contributed by atoms with Gasteiger partial charge < -0.3 is 4.90 Å². The fraction of sp³-hybridized carbons (Fsp3) is 0.267. The Morgan fingerprint density at radius 2 is 1.82 bits per heavy atom. The summed E-state index contributed by atoms with van der Waals surface area (Å²) in [5.41, 5.74) is 7.80. The summed E-state index contributed by atoms with van der Waals surface area (Å²) in [6.07, 6.45) is 1.89. The zero-order chi connectivity index (χ0) is 26.4. The lowest BCUT2D eigenvalue weighted by atomic mass is 9.99. The van der Waals surface area contributed by atoms with Gasteiger partial charge in [0.25, 0.3) is 5.56 Å². The van der Waals surface area contributed by atoms with E-state index in [1.54, 1.807) is 4.40 Å². The maximum Gasteiger partial charge on any atom is 0.268 e. The van der Waals surface area contributed by atoms with Crippen LogP contribution in [0.15, 0.2) is 64.8 Å². The molecule has 4 heterocycles. The number of hydrogen-bond donors (Lipinski definition) is 0. The van der Waals surface area contributed by atoms with Gasteiger partial charge in [-0.25, -0.2) is 9.67 Å². The fourth-order valence-corrected chi connectivity index (χ4v) is 6.28. The van der Waals surface area contributed by atoms with E-state index in [1.807, 2.05) is 65.2 Å². The molecule has 0 N–H and O–H groups in total. The van der Waals surface area contributed by atoms with E-state index < -0.39 is 0 Å². The van der Waals surface area contributed by atoms with E-state index in [4.69, 9.17) is 10.1 Å². The van der Waals surface area contributed by atoms with E-state index >= 15 is 0 Å².